The van der Waals surface area contributed by atoms with Crippen LogP contribution in [0.1, 0.15) is 18.4 Å². The van der Waals surface area contributed by atoms with Crippen LogP contribution < -0.4 is 15.8 Å². The highest BCUT2D eigenvalue weighted by Crippen LogP contribution is 2.12. The lowest BCUT2D eigenvalue weighted by Gasteiger charge is -2.12. The van der Waals surface area contributed by atoms with Gasteiger partial charge in [0.1, 0.15) is 4.99 Å². The second-order valence-electron chi connectivity index (χ2n) is 4.55. The molecular formula is C12H15N3O3S2. The number of hydrogen-bond acceptors (Lipinski definition) is 4. The molecule has 0 saturated carbocycles. The van der Waals surface area contributed by atoms with Crippen molar-refractivity contribution in [1.82, 2.24) is 10.0 Å². The summed E-state index contributed by atoms with van der Waals surface area (Å²) >= 11 is 4.82. The number of rotatable bonds is 5. The number of carbonyl (C=O) groups excluding carboxylic acids is 1. The Balaban J connectivity index is 2.08. The molecule has 1 aliphatic rings. The maximum Gasteiger partial charge on any atom is 0.240 e. The van der Waals surface area contributed by atoms with Crippen LogP contribution in [0.5, 0.6) is 0 Å². The van der Waals surface area contributed by atoms with Crippen molar-refractivity contribution in [2.45, 2.75) is 23.8 Å². The molecule has 1 amide bonds. The van der Waals surface area contributed by atoms with Crippen LogP contribution in [-0.4, -0.2) is 31.9 Å². The molecule has 1 aromatic carbocycles. The standard InChI is InChI=1S/C12H15N3O3S2/c13-12(19)8-2-1-3-10(6-8)20(17,18)14-7-9-4-5-11(16)15-9/h1-3,6,9,14H,4-5,7H2,(H2,13,19)(H,15,16). The van der Waals surface area contributed by atoms with Crippen molar-refractivity contribution < 1.29 is 13.2 Å². The van der Waals surface area contributed by atoms with E-state index in [1.54, 1.807) is 12.1 Å². The van der Waals surface area contributed by atoms with E-state index in [1.165, 1.54) is 12.1 Å². The Hall–Kier alpha value is -1.51. The molecule has 1 saturated heterocycles. The molecule has 1 aromatic rings. The third-order valence-corrected chi connectivity index (χ3v) is 4.69. The number of amides is 1. The van der Waals surface area contributed by atoms with Gasteiger partial charge in [-0.2, -0.15) is 0 Å². The lowest BCUT2D eigenvalue weighted by Crippen LogP contribution is -2.38. The van der Waals surface area contributed by atoms with Crippen molar-refractivity contribution in [1.29, 1.82) is 0 Å². The first-order valence-electron chi connectivity index (χ1n) is 6.07. The molecule has 2 rings (SSSR count). The first kappa shape index (κ1) is 14.9. The van der Waals surface area contributed by atoms with Crippen molar-refractivity contribution in [3.63, 3.8) is 0 Å². The maximum atomic E-state index is 12.1. The highest BCUT2D eigenvalue weighted by atomic mass is 32.2. The summed E-state index contributed by atoms with van der Waals surface area (Å²) in [5.74, 6) is -0.0512. The van der Waals surface area contributed by atoms with E-state index in [2.05, 4.69) is 10.0 Å². The second-order valence-corrected chi connectivity index (χ2v) is 6.75. The minimum atomic E-state index is -3.64. The molecule has 0 radical (unpaired) electrons. The summed E-state index contributed by atoms with van der Waals surface area (Å²) < 4.78 is 26.8. The number of nitrogens with two attached hydrogens (primary N) is 1. The predicted octanol–water partition coefficient (Wildman–Crippen LogP) is -0.122. The average molecular weight is 313 g/mol. The smallest absolute Gasteiger partial charge is 0.240 e. The average Bonchev–Trinajstić information content (AvgIpc) is 2.82. The van der Waals surface area contributed by atoms with Crippen molar-refractivity contribution >= 4 is 33.1 Å². The van der Waals surface area contributed by atoms with Gasteiger partial charge in [0.05, 0.1) is 4.90 Å². The van der Waals surface area contributed by atoms with E-state index in [0.29, 0.717) is 18.4 Å². The Labute approximate surface area is 122 Å². The molecule has 1 fully saturated rings. The molecule has 1 atom stereocenters. The highest BCUT2D eigenvalue weighted by Gasteiger charge is 2.23. The van der Waals surface area contributed by atoms with Crippen molar-refractivity contribution in [2.24, 2.45) is 5.73 Å². The topological polar surface area (TPSA) is 101 Å². The van der Waals surface area contributed by atoms with Gasteiger partial charge in [0.15, 0.2) is 0 Å². The fraction of sp³-hybridized carbons (Fsp3) is 0.333. The quantitative estimate of drug-likeness (QED) is 0.658. The molecule has 108 valence electrons. The summed E-state index contributed by atoms with van der Waals surface area (Å²) in [4.78, 5) is 11.3. The van der Waals surface area contributed by atoms with Crippen LogP contribution in [0.3, 0.4) is 0 Å². The maximum absolute atomic E-state index is 12.1. The van der Waals surface area contributed by atoms with Gasteiger partial charge in [0, 0.05) is 24.6 Å². The van der Waals surface area contributed by atoms with Crippen LogP contribution in [0.15, 0.2) is 29.2 Å². The monoisotopic (exact) mass is 313 g/mol. The van der Waals surface area contributed by atoms with Gasteiger partial charge in [-0.25, -0.2) is 13.1 Å². The summed E-state index contributed by atoms with van der Waals surface area (Å²) in [6.45, 7) is 0.172. The van der Waals surface area contributed by atoms with Gasteiger partial charge >= 0.3 is 0 Å². The Morgan fingerprint density at radius 3 is 2.85 bits per heavy atom. The van der Waals surface area contributed by atoms with Gasteiger partial charge in [0.25, 0.3) is 0 Å². The van der Waals surface area contributed by atoms with E-state index in [9.17, 15) is 13.2 Å². The van der Waals surface area contributed by atoms with E-state index in [-0.39, 0.29) is 28.4 Å². The van der Waals surface area contributed by atoms with E-state index in [1.807, 2.05) is 0 Å². The van der Waals surface area contributed by atoms with Crippen LogP contribution >= 0.6 is 12.2 Å². The molecule has 4 N–H and O–H groups in total. The Morgan fingerprint density at radius 1 is 1.50 bits per heavy atom. The first-order chi connectivity index (χ1) is 9.38. The Kier molecular flexibility index (Phi) is 4.36. The van der Waals surface area contributed by atoms with Crippen LogP contribution in [0.2, 0.25) is 0 Å². The largest absolute Gasteiger partial charge is 0.389 e. The lowest BCUT2D eigenvalue weighted by atomic mass is 10.2. The number of sulfonamides is 1. The lowest BCUT2D eigenvalue weighted by molar-refractivity contribution is -0.119. The number of carbonyl (C=O) groups is 1. The molecule has 20 heavy (non-hydrogen) atoms. The summed E-state index contributed by atoms with van der Waals surface area (Å²) in [6, 6.07) is 5.98. The highest BCUT2D eigenvalue weighted by molar-refractivity contribution is 7.89. The van der Waals surface area contributed by atoms with E-state index < -0.39 is 10.0 Å². The third-order valence-electron chi connectivity index (χ3n) is 3.03. The SMILES string of the molecule is NC(=S)c1cccc(S(=O)(=O)NCC2CCC(=O)N2)c1. The van der Waals surface area contributed by atoms with E-state index >= 15 is 0 Å². The van der Waals surface area contributed by atoms with Crippen LogP contribution in [0.4, 0.5) is 0 Å². The van der Waals surface area contributed by atoms with Crippen LogP contribution in [-0.2, 0) is 14.8 Å². The molecule has 8 heteroatoms. The summed E-state index contributed by atoms with van der Waals surface area (Å²) in [7, 11) is -3.64. The van der Waals surface area contributed by atoms with Gasteiger partial charge in [-0.15, -0.1) is 0 Å². The molecule has 1 heterocycles. The molecule has 6 nitrogen and oxygen atoms in total. The van der Waals surface area contributed by atoms with Gasteiger partial charge in [-0.1, -0.05) is 24.4 Å². The van der Waals surface area contributed by atoms with Crippen molar-refractivity contribution in [3.8, 4) is 0 Å². The van der Waals surface area contributed by atoms with Crippen LogP contribution in [0.25, 0.3) is 0 Å². The zero-order chi connectivity index (χ0) is 14.8. The second kappa shape index (κ2) is 5.86. The fourth-order valence-electron chi connectivity index (χ4n) is 1.94. The Morgan fingerprint density at radius 2 is 2.25 bits per heavy atom. The zero-order valence-electron chi connectivity index (χ0n) is 10.6. The number of thiocarbonyl (C=S) groups is 1. The minimum absolute atomic E-state index is 0.0512. The van der Waals surface area contributed by atoms with E-state index in [4.69, 9.17) is 18.0 Å². The zero-order valence-corrected chi connectivity index (χ0v) is 12.3. The Bertz CT molecular complexity index is 643. The molecule has 0 bridgehead atoms. The summed E-state index contributed by atoms with van der Waals surface area (Å²) in [5, 5.41) is 2.70. The van der Waals surface area contributed by atoms with E-state index in [0.717, 1.165) is 0 Å². The third kappa shape index (κ3) is 3.53. The normalized spacial score (nSPS) is 18.8. The molecule has 1 unspecified atom stereocenters. The number of nitrogens with one attached hydrogen (secondary N) is 2. The molecule has 0 aliphatic carbocycles. The minimum Gasteiger partial charge on any atom is -0.389 e. The molecular weight excluding hydrogens is 298 g/mol. The van der Waals surface area contributed by atoms with Crippen molar-refractivity contribution in [2.75, 3.05) is 6.54 Å². The summed E-state index contributed by atoms with van der Waals surface area (Å²) in [6.07, 6.45) is 1.07. The number of hydrogen-bond donors (Lipinski definition) is 3. The van der Waals surface area contributed by atoms with Gasteiger partial charge in [-0.3, -0.25) is 4.79 Å². The van der Waals surface area contributed by atoms with Crippen LogP contribution in [0, 0.1) is 0 Å². The molecule has 0 spiro atoms. The fourth-order valence-corrected chi connectivity index (χ4v) is 3.19. The molecule has 1 aliphatic heterocycles. The summed E-state index contributed by atoms with van der Waals surface area (Å²) in [5.41, 5.74) is 5.98. The molecule has 0 aromatic heterocycles. The van der Waals surface area contributed by atoms with Gasteiger partial charge in [-0.05, 0) is 18.6 Å². The predicted molar refractivity (Wildman–Crippen MR) is 78.7 cm³/mol. The number of benzene rings is 1. The van der Waals surface area contributed by atoms with Gasteiger partial charge < -0.3 is 11.1 Å². The van der Waals surface area contributed by atoms with Gasteiger partial charge in [0.2, 0.25) is 15.9 Å². The van der Waals surface area contributed by atoms with Crippen molar-refractivity contribution in [3.05, 3.63) is 29.8 Å². The first-order valence-corrected chi connectivity index (χ1v) is 7.96.